The Morgan fingerprint density at radius 1 is 1.00 bits per heavy atom. The summed E-state index contributed by atoms with van der Waals surface area (Å²) in [5.74, 6) is -0.445. The molecular formula is C22H16ClN3O2. The van der Waals surface area contributed by atoms with Gasteiger partial charge >= 0.3 is 0 Å². The highest BCUT2D eigenvalue weighted by Crippen LogP contribution is 2.29. The van der Waals surface area contributed by atoms with Gasteiger partial charge in [-0.05, 0) is 18.2 Å². The zero-order valence-corrected chi connectivity index (χ0v) is 15.6. The number of hydrogen-bond acceptors (Lipinski definition) is 4. The molecule has 2 aromatic heterocycles. The zero-order chi connectivity index (χ0) is 19.7. The molecule has 0 unspecified atom stereocenters. The van der Waals surface area contributed by atoms with E-state index in [1.54, 1.807) is 46.9 Å². The number of nitrogens with zero attached hydrogens (tertiary/aromatic N) is 2. The summed E-state index contributed by atoms with van der Waals surface area (Å²) in [5.41, 5.74) is 8.79. The number of hydrogen-bond donors (Lipinski definition) is 1. The van der Waals surface area contributed by atoms with E-state index in [1.807, 2.05) is 24.3 Å². The van der Waals surface area contributed by atoms with Crippen LogP contribution in [0.3, 0.4) is 0 Å². The monoisotopic (exact) mass is 389 g/mol. The van der Waals surface area contributed by atoms with Crippen molar-refractivity contribution in [2.24, 2.45) is 5.73 Å². The van der Waals surface area contributed by atoms with E-state index in [9.17, 15) is 9.59 Å². The number of fused-ring (bicyclic) bond motifs is 1. The third kappa shape index (κ3) is 3.11. The molecule has 0 atom stereocenters. The third-order valence-electron chi connectivity index (χ3n) is 4.57. The van der Waals surface area contributed by atoms with E-state index >= 15 is 0 Å². The summed E-state index contributed by atoms with van der Waals surface area (Å²) >= 11 is 6.29. The summed E-state index contributed by atoms with van der Waals surface area (Å²) in [5, 5.41) is 0.554. The topological polar surface area (TPSA) is 77.5 Å². The fraction of sp³-hybridized carbons (Fsp3) is 0.0455. The first-order valence-corrected chi connectivity index (χ1v) is 9.07. The zero-order valence-electron chi connectivity index (χ0n) is 14.8. The fourth-order valence-corrected chi connectivity index (χ4v) is 3.39. The minimum atomic E-state index is -0.249. The second-order valence-corrected chi connectivity index (χ2v) is 6.68. The van der Waals surface area contributed by atoms with E-state index in [0.29, 0.717) is 33.1 Å². The van der Waals surface area contributed by atoms with Gasteiger partial charge in [0.15, 0.2) is 5.78 Å². The SMILES string of the molecule is NCC(=O)c1cc(C(=O)c2ccccc2)n2cnc(-c3ccccc3Cl)cc12. The van der Waals surface area contributed by atoms with Gasteiger partial charge in [0.2, 0.25) is 5.78 Å². The van der Waals surface area contributed by atoms with Gasteiger partial charge < -0.3 is 5.73 Å². The Balaban J connectivity index is 1.93. The standard InChI is InChI=1S/C22H16ClN3O2/c23-17-9-5-4-8-15(17)18-11-19-16(21(27)12-24)10-20(26(19)13-25-18)22(28)14-6-2-1-3-7-14/h1-11,13H,12,24H2. The Morgan fingerprint density at radius 3 is 2.43 bits per heavy atom. The van der Waals surface area contributed by atoms with Crippen molar-refractivity contribution in [1.29, 1.82) is 0 Å². The molecule has 0 radical (unpaired) electrons. The van der Waals surface area contributed by atoms with Gasteiger partial charge in [0.1, 0.15) is 6.33 Å². The number of rotatable bonds is 5. The van der Waals surface area contributed by atoms with Crippen LogP contribution in [0.25, 0.3) is 16.8 Å². The van der Waals surface area contributed by atoms with Gasteiger partial charge in [-0.3, -0.25) is 14.0 Å². The number of carbonyl (C=O) groups excluding carboxylic acids is 2. The van der Waals surface area contributed by atoms with Crippen molar-refractivity contribution in [2.75, 3.05) is 6.54 Å². The first-order valence-electron chi connectivity index (χ1n) is 8.69. The van der Waals surface area contributed by atoms with Crippen LogP contribution < -0.4 is 5.73 Å². The normalized spacial score (nSPS) is 10.9. The molecule has 2 N–H and O–H groups in total. The predicted molar refractivity (Wildman–Crippen MR) is 109 cm³/mol. The second-order valence-electron chi connectivity index (χ2n) is 6.27. The number of ketones is 2. The van der Waals surface area contributed by atoms with Crippen LogP contribution >= 0.6 is 11.6 Å². The molecule has 2 heterocycles. The second kappa shape index (κ2) is 7.38. The molecule has 0 saturated heterocycles. The maximum Gasteiger partial charge on any atom is 0.209 e. The minimum absolute atomic E-state index is 0.150. The van der Waals surface area contributed by atoms with Crippen LogP contribution in [0.5, 0.6) is 0 Å². The maximum absolute atomic E-state index is 13.0. The smallest absolute Gasteiger partial charge is 0.209 e. The van der Waals surface area contributed by atoms with Crippen LogP contribution in [-0.2, 0) is 0 Å². The summed E-state index contributed by atoms with van der Waals surface area (Å²) < 4.78 is 1.62. The van der Waals surface area contributed by atoms with Crippen LogP contribution in [-0.4, -0.2) is 27.5 Å². The summed E-state index contributed by atoms with van der Waals surface area (Å²) in [7, 11) is 0. The van der Waals surface area contributed by atoms with Gasteiger partial charge in [0, 0.05) is 21.7 Å². The third-order valence-corrected chi connectivity index (χ3v) is 4.90. The molecule has 0 aliphatic rings. The Labute approximate surface area is 166 Å². The molecule has 138 valence electrons. The largest absolute Gasteiger partial charge is 0.324 e. The fourth-order valence-electron chi connectivity index (χ4n) is 3.16. The van der Waals surface area contributed by atoms with Gasteiger partial charge in [-0.1, -0.05) is 60.1 Å². The van der Waals surface area contributed by atoms with Gasteiger partial charge in [-0.15, -0.1) is 0 Å². The average Bonchev–Trinajstić information content (AvgIpc) is 3.12. The highest BCUT2D eigenvalue weighted by molar-refractivity contribution is 6.33. The molecule has 0 fully saturated rings. The lowest BCUT2D eigenvalue weighted by atomic mass is 10.1. The van der Waals surface area contributed by atoms with Gasteiger partial charge in [-0.2, -0.15) is 0 Å². The molecule has 5 nitrogen and oxygen atoms in total. The van der Waals surface area contributed by atoms with Crippen molar-refractivity contribution in [3.63, 3.8) is 0 Å². The lowest BCUT2D eigenvalue weighted by molar-refractivity contribution is 0.100. The number of Topliss-reactive ketones (excluding diaryl/α,β-unsaturated/α-hetero) is 1. The number of nitrogens with two attached hydrogens (primary N) is 1. The highest BCUT2D eigenvalue weighted by Gasteiger charge is 2.21. The number of halogens is 1. The molecule has 2 aromatic carbocycles. The molecule has 0 amide bonds. The van der Waals surface area contributed by atoms with Crippen molar-refractivity contribution >= 4 is 28.7 Å². The molecule has 0 aliphatic carbocycles. The Bertz CT molecular complexity index is 1200. The quantitative estimate of drug-likeness (QED) is 0.523. The predicted octanol–water partition coefficient (Wildman–Crippen LogP) is 4.03. The average molecular weight is 390 g/mol. The minimum Gasteiger partial charge on any atom is -0.324 e. The van der Waals surface area contributed by atoms with Crippen LogP contribution in [0, 0.1) is 0 Å². The molecule has 0 aliphatic heterocycles. The van der Waals surface area contributed by atoms with Crippen molar-refractivity contribution in [3.05, 3.63) is 94.9 Å². The molecule has 4 rings (SSSR count). The summed E-state index contributed by atoms with van der Waals surface area (Å²) in [6, 6.07) is 19.6. The maximum atomic E-state index is 13.0. The number of carbonyl (C=O) groups is 2. The van der Waals surface area contributed by atoms with E-state index in [4.69, 9.17) is 17.3 Å². The Hall–Kier alpha value is -3.28. The number of aromatic nitrogens is 2. The van der Waals surface area contributed by atoms with Crippen molar-refractivity contribution in [2.45, 2.75) is 0 Å². The van der Waals surface area contributed by atoms with Crippen LogP contribution in [0.15, 0.2) is 73.1 Å². The molecule has 4 aromatic rings. The molecule has 0 bridgehead atoms. The van der Waals surface area contributed by atoms with Crippen molar-refractivity contribution in [3.8, 4) is 11.3 Å². The van der Waals surface area contributed by atoms with E-state index in [1.165, 1.54) is 6.33 Å². The van der Waals surface area contributed by atoms with Crippen LogP contribution in [0.2, 0.25) is 5.02 Å². The van der Waals surface area contributed by atoms with Crippen molar-refractivity contribution < 1.29 is 9.59 Å². The van der Waals surface area contributed by atoms with Crippen LogP contribution in [0.4, 0.5) is 0 Å². The molecule has 0 spiro atoms. The first-order chi connectivity index (χ1) is 13.6. The van der Waals surface area contributed by atoms with E-state index in [-0.39, 0.29) is 18.1 Å². The summed E-state index contributed by atoms with van der Waals surface area (Å²) in [6.45, 7) is -0.150. The number of benzene rings is 2. The molecule has 28 heavy (non-hydrogen) atoms. The lowest BCUT2D eigenvalue weighted by Crippen LogP contribution is -2.13. The summed E-state index contributed by atoms with van der Waals surface area (Å²) in [6.07, 6.45) is 1.54. The summed E-state index contributed by atoms with van der Waals surface area (Å²) in [4.78, 5) is 29.9. The van der Waals surface area contributed by atoms with E-state index in [2.05, 4.69) is 4.98 Å². The molecular weight excluding hydrogens is 374 g/mol. The van der Waals surface area contributed by atoms with Gasteiger partial charge in [0.25, 0.3) is 0 Å². The highest BCUT2D eigenvalue weighted by atomic mass is 35.5. The van der Waals surface area contributed by atoms with E-state index < -0.39 is 0 Å². The van der Waals surface area contributed by atoms with E-state index in [0.717, 1.165) is 5.56 Å². The van der Waals surface area contributed by atoms with Crippen LogP contribution in [0.1, 0.15) is 26.4 Å². The Kier molecular flexibility index (Phi) is 4.77. The van der Waals surface area contributed by atoms with Gasteiger partial charge in [0.05, 0.1) is 23.4 Å². The van der Waals surface area contributed by atoms with Crippen molar-refractivity contribution in [1.82, 2.24) is 9.38 Å². The van der Waals surface area contributed by atoms with Gasteiger partial charge in [-0.25, -0.2) is 4.98 Å². The lowest BCUT2D eigenvalue weighted by Gasteiger charge is -2.07. The molecule has 0 saturated carbocycles. The Morgan fingerprint density at radius 2 is 1.71 bits per heavy atom. The first kappa shape index (κ1) is 18.1. The molecule has 6 heteroatoms.